The second-order valence-corrected chi connectivity index (χ2v) is 7.45. The Hall–Kier alpha value is -1.96. The average Bonchev–Trinajstić information content (AvgIpc) is 3.06. The van der Waals surface area contributed by atoms with Gasteiger partial charge in [0.1, 0.15) is 11.4 Å². The molecule has 25 heavy (non-hydrogen) atoms. The number of aromatic nitrogens is 1. The molecule has 3 rings (SSSR count). The van der Waals surface area contributed by atoms with Gasteiger partial charge >= 0.3 is 5.97 Å². The minimum atomic E-state index is -0.949. The van der Waals surface area contributed by atoms with E-state index < -0.39 is 5.97 Å². The van der Waals surface area contributed by atoms with Crippen LogP contribution in [-0.4, -0.2) is 67.4 Å². The van der Waals surface area contributed by atoms with Crippen molar-refractivity contribution in [1.29, 1.82) is 0 Å². The van der Waals surface area contributed by atoms with E-state index in [1.54, 1.807) is 23.5 Å². The molecular weight excluding hydrogens is 338 g/mol. The monoisotopic (exact) mass is 361 g/mol. The SMILES string of the molecule is Cc1ccc(-c2ccc(C(=O)O)c(N(C)CCN3CCOCC3)n2)s1. The van der Waals surface area contributed by atoms with Crippen LogP contribution in [0.15, 0.2) is 24.3 Å². The van der Waals surface area contributed by atoms with Crippen LogP contribution >= 0.6 is 11.3 Å². The second-order valence-electron chi connectivity index (χ2n) is 6.16. The summed E-state index contributed by atoms with van der Waals surface area (Å²) >= 11 is 1.66. The van der Waals surface area contributed by atoms with Crippen molar-refractivity contribution in [1.82, 2.24) is 9.88 Å². The van der Waals surface area contributed by atoms with Gasteiger partial charge in [0.2, 0.25) is 0 Å². The lowest BCUT2D eigenvalue weighted by Crippen LogP contribution is -2.41. The Bertz CT molecular complexity index is 741. The van der Waals surface area contributed by atoms with E-state index in [2.05, 4.69) is 22.9 Å². The molecule has 7 heteroatoms. The van der Waals surface area contributed by atoms with Gasteiger partial charge in [-0.2, -0.15) is 0 Å². The quantitative estimate of drug-likeness (QED) is 0.853. The molecule has 0 atom stereocenters. The van der Waals surface area contributed by atoms with Gasteiger partial charge in [0.25, 0.3) is 0 Å². The molecule has 0 aromatic carbocycles. The van der Waals surface area contributed by atoms with E-state index in [9.17, 15) is 9.90 Å². The van der Waals surface area contributed by atoms with Gasteiger partial charge in [-0.15, -0.1) is 11.3 Å². The second kappa shape index (κ2) is 7.95. The van der Waals surface area contributed by atoms with E-state index in [0.29, 0.717) is 5.82 Å². The molecule has 2 aromatic heterocycles. The summed E-state index contributed by atoms with van der Waals surface area (Å²) in [4.78, 5) is 22.8. The Morgan fingerprint density at radius 1 is 1.32 bits per heavy atom. The maximum Gasteiger partial charge on any atom is 0.339 e. The van der Waals surface area contributed by atoms with E-state index in [0.717, 1.165) is 50.0 Å². The van der Waals surface area contributed by atoms with E-state index in [1.807, 2.05) is 18.0 Å². The normalized spacial score (nSPS) is 15.3. The summed E-state index contributed by atoms with van der Waals surface area (Å²) in [5.74, 6) is -0.432. The highest BCUT2D eigenvalue weighted by Gasteiger charge is 2.18. The predicted molar refractivity (Wildman–Crippen MR) is 99.8 cm³/mol. The third-order valence-corrected chi connectivity index (χ3v) is 5.34. The zero-order valence-corrected chi connectivity index (χ0v) is 15.4. The summed E-state index contributed by atoms with van der Waals surface area (Å²) < 4.78 is 5.36. The highest BCUT2D eigenvalue weighted by molar-refractivity contribution is 7.15. The van der Waals surface area contributed by atoms with E-state index in [4.69, 9.17) is 4.74 Å². The van der Waals surface area contributed by atoms with Crippen LogP contribution in [0.4, 0.5) is 5.82 Å². The molecule has 1 fully saturated rings. The first-order chi connectivity index (χ1) is 12.0. The number of morpholine rings is 1. The number of ether oxygens (including phenoxy) is 1. The number of aromatic carboxylic acids is 1. The third-order valence-electron chi connectivity index (χ3n) is 4.32. The Morgan fingerprint density at radius 3 is 2.72 bits per heavy atom. The summed E-state index contributed by atoms with van der Waals surface area (Å²) in [7, 11) is 1.90. The van der Waals surface area contributed by atoms with Gasteiger partial charge in [0.15, 0.2) is 0 Å². The fourth-order valence-electron chi connectivity index (χ4n) is 2.84. The van der Waals surface area contributed by atoms with Crippen LogP contribution in [-0.2, 0) is 4.74 Å². The number of pyridine rings is 1. The number of aryl methyl sites for hydroxylation is 1. The number of nitrogens with zero attached hydrogens (tertiary/aromatic N) is 3. The largest absolute Gasteiger partial charge is 0.478 e. The van der Waals surface area contributed by atoms with Crippen LogP contribution < -0.4 is 4.90 Å². The van der Waals surface area contributed by atoms with Crippen molar-refractivity contribution in [2.24, 2.45) is 0 Å². The summed E-state index contributed by atoms with van der Waals surface area (Å²) in [6.07, 6.45) is 0. The van der Waals surface area contributed by atoms with Gasteiger partial charge in [0.05, 0.1) is 23.8 Å². The molecule has 0 spiro atoms. The highest BCUT2D eigenvalue weighted by Crippen LogP contribution is 2.29. The number of hydrogen-bond donors (Lipinski definition) is 1. The van der Waals surface area contributed by atoms with E-state index in [1.165, 1.54) is 4.88 Å². The smallest absolute Gasteiger partial charge is 0.339 e. The Balaban J connectivity index is 1.80. The molecule has 0 aliphatic carbocycles. The van der Waals surface area contributed by atoms with Crippen molar-refractivity contribution in [2.45, 2.75) is 6.92 Å². The van der Waals surface area contributed by atoms with Gasteiger partial charge in [0, 0.05) is 38.1 Å². The number of thiophene rings is 1. The molecule has 0 saturated carbocycles. The van der Waals surface area contributed by atoms with Crippen LogP contribution in [0.25, 0.3) is 10.6 Å². The number of likely N-dealkylation sites (N-methyl/N-ethyl adjacent to an activating group) is 1. The number of hydrogen-bond acceptors (Lipinski definition) is 6. The van der Waals surface area contributed by atoms with Crippen molar-refractivity contribution in [3.8, 4) is 10.6 Å². The fraction of sp³-hybridized carbons (Fsp3) is 0.444. The average molecular weight is 361 g/mol. The summed E-state index contributed by atoms with van der Waals surface area (Å²) in [5, 5.41) is 9.51. The molecule has 0 bridgehead atoms. The predicted octanol–water partition coefficient (Wildman–Crippen LogP) is 2.59. The maximum atomic E-state index is 11.6. The molecule has 0 radical (unpaired) electrons. The first-order valence-electron chi connectivity index (χ1n) is 8.37. The minimum absolute atomic E-state index is 0.238. The maximum absolute atomic E-state index is 11.6. The molecule has 1 saturated heterocycles. The lowest BCUT2D eigenvalue weighted by molar-refractivity contribution is 0.0392. The molecule has 1 aliphatic rings. The number of anilines is 1. The summed E-state index contributed by atoms with van der Waals surface area (Å²) in [5.41, 5.74) is 1.05. The van der Waals surface area contributed by atoms with Crippen LogP contribution in [0.1, 0.15) is 15.2 Å². The van der Waals surface area contributed by atoms with Gasteiger partial charge in [-0.25, -0.2) is 9.78 Å². The number of carbonyl (C=O) groups is 1. The van der Waals surface area contributed by atoms with Gasteiger partial charge in [-0.1, -0.05) is 0 Å². The lowest BCUT2D eigenvalue weighted by atomic mass is 10.2. The third kappa shape index (κ3) is 4.36. The Morgan fingerprint density at radius 2 is 2.08 bits per heavy atom. The van der Waals surface area contributed by atoms with E-state index >= 15 is 0 Å². The summed E-state index contributed by atoms with van der Waals surface area (Å²) in [6, 6.07) is 7.52. The Kier molecular flexibility index (Phi) is 5.67. The first-order valence-corrected chi connectivity index (χ1v) is 9.18. The molecule has 6 nitrogen and oxygen atoms in total. The van der Waals surface area contributed by atoms with Gasteiger partial charge in [-0.05, 0) is 31.2 Å². The fourth-order valence-corrected chi connectivity index (χ4v) is 3.68. The van der Waals surface area contributed by atoms with Crippen molar-refractivity contribution < 1.29 is 14.6 Å². The molecule has 0 unspecified atom stereocenters. The molecule has 2 aromatic rings. The number of carboxylic acids is 1. The van der Waals surface area contributed by atoms with Crippen LogP contribution in [0, 0.1) is 6.92 Å². The standard InChI is InChI=1S/C18H23N3O3S/c1-13-3-6-16(25-13)15-5-4-14(18(22)23)17(19-15)20(2)7-8-21-9-11-24-12-10-21/h3-6H,7-12H2,1-2H3,(H,22,23). The van der Waals surface area contributed by atoms with Crippen LogP contribution in [0.5, 0.6) is 0 Å². The Labute approximate surface area is 151 Å². The van der Waals surface area contributed by atoms with Gasteiger partial charge < -0.3 is 14.7 Å². The molecular formula is C18H23N3O3S. The first kappa shape index (κ1) is 17.8. The topological polar surface area (TPSA) is 65.9 Å². The van der Waals surface area contributed by atoms with Crippen LogP contribution in [0.3, 0.4) is 0 Å². The highest BCUT2D eigenvalue weighted by atomic mass is 32.1. The van der Waals surface area contributed by atoms with Crippen molar-refractivity contribution in [3.05, 3.63) is 34.7 Å². The van der Waals surface area contributed by atoms with Crippen molar-refractivity contribution in [3.63, 3.8) is 0 Å². The van der Waals surface area contributed by atoms with E-state index in [-0.39, 0.29) is 5.56 Å². The summed E-state index contributed by atoms with van der Waals surface area (Å²) in [6.45, 7) is 6.99. The van der Waals surface area contributed by atoms with Gasteiger partial charge in [-0.3, -0.25) is 4.90 Å². The van der Waals surface area contributed by atoms with Crippen LogP contribution in [0.2, 0.25) is 0 Å². The zero-order valence-electron chi connectivity index (χ0n) is 14.6. The molecule has 1 aliphatic heterocycles. The van der Waals surface area contributed by atoms with Crippen molar-refractivity contribution in [2.75, 3.05) is 51.3 Å². The lowest BCUT2D eigenvalue weighted by Gasteiger charge is -2.29. The van der Waals surface area contributed by atoms with Crippen molar-refractivity contribution >= 4 is 23.1 Å². The molecule has 3 heterocycles. The zero-order chi connectivity index (χ0) is 17.8. The number of rotatable bonds is 6. The molecule has 1 N–H and O–H groups in total. The molecule has 0 amide bonds. The molecule has 134 valence electrons. The number of carboxylic acid groups (broad SMARTS) is 1. The minimum Gasteiger partial charge on any atom is -0.478 e.